The Morgan fingerprint density at radius 2 is 1.56 bits per heavy atom. The van der Waals surface area contributed by atoms with Gasteiger partial charge in [-0.1, -0.05) is 48.5 Å². The van der Waals surface area contributed by atoms with Crippen LogP contribution in [0.5, 0.6) is 5.75 Å². The number of hydrogen-bond acceptors (Lipinski definition) is 3. The van der Waals surface area contributed by atoms with E-state index in [-0.39, 0.29) is 11.9 Å². The average Bonchev–Trinajstić information content (AvgIpc) is 3.20. The first-order valence-electron chi connectivity index (χ1n) is 8.92. The van der Waals surface area contributed by atoms with Gasteiger partial charge in [-0.2, -0.15) is 5.10 Å². The summed E-state index contributed by atoms with van der Waals surface area (Å²) in [5, 5.41) is 6.32. The molecule has 0 saturated heterocycles. The van der Waals surface area contributed by atoms with Crippen molar-refractivity contribution < 1.29 is 9.53 Å². The number of ether oxygens (including phenoxy) is 1. The lowest BCUT2D eigenvalue weighted by atomic mass is 9.98. The van der Waals surface area contributed by atoms with E-state index in [9.17, 15) is 4.79 Å². The smallest absolute Gasteiger partial charge is 0.274 e. The predicted molar refractivity (Wildman–Crippen MR) is 106 cm³/mol. The van der Waals surface area contributed by atoms with Crippen LogP contribution >= 0.6 is 0 Å². The number of amides is 1. The van der Waals surface area contributed by atoms with Gasteiger partial charge < -0.3 is 4.74 Å². The van der Waals surface area contributed by atoms with Gasteiger partial charge in [0.15, 0.2) is 0 Å². The van der Waals surface area contributed by atoms with Gasteiger partial charge in [0.2, 0.25) is 0 Å². The minimum Gasteiger partial charge on any atom is -0.497 e. The fraction of sp³-hybridized carbons (Fsp3) is 0.130. The molecule has 0 saturated carbocycles. The summed E-state index contributed by atoms with van der Waals surface area (Å²) >= 11 is 0. The van der Waals surface area contributed by atoms with Crippen molar-refractivity contribution in [1.82, 2.24) is 5.01 Å². The monoisotopic (exact) mass is 356 g/mol. The fourth-order valence-electron chi connectivity index (χ4n) is 3.30. The van der Waals surface area contributed by atoms with E-state index < -0.39 is 0 Å². The van der Waals surface area contributed by atoms with E-state index in [1.54, 1.807) is 12.1 Å². The Bertz CT molecular complexity index is 951. The summed E-state index contributed by atoms with van der Waals surface area (Å²) in [5.41, 5.74) is 3.61. The van der Waals surface area contributed by atoms with Crippen LogP contribution in [0.2, 0.25) is 0 Å². The second-order valence-corrected chi connectivity index (χ2v) is 6.42. The number of benzene rings is 3. The van der Waals surface area contributed by atoms with Crippen LogP contribution in [0.4, 0.5) is 0 Å². The molecule has 0 radical (unpaired) electrons. The summed E-state index contributed by atoms with van der Waals surface area (Å²) in [6.45, 7) is 0. The zero-order valence-corrected chi connectivity index (χ0v) is 15.1. The molecule has 4 heteroatoms. The first-order valence-corrected chi connectivity index (χ1v) is 8.92. The van der Waals surface area contributed by atoms with Crippen LogP contribution in [-0.2, 0) is 0 Å². The molecule has 0 N–H and O–H groups in total. The van der Waals surface area contributed by atoms with E-state index >= 15 is 0 Å². The Morgan fingerprint density at radius 1 is 0.926 bits per heavy atom. The summed E-state index contributed by atoms with van der Waals surface area (Å²) in [6, 6.07) is 27.0. The maximum Gasteiger partial charge on any atom is 0.274 e. The molecule has 3 aromatic rings. The zero-order valence-electron chi connectivity index (χ0n) is 15.1. The highest BCUT2D eigenvalue weighted by molar-refractivity contribution is 6.05. The predicted octanol–water partition coefficient (Wildman–Crippen LogP) is 4.69. The van der Waals surface area contributed by atoms with Gasteiger partial charge in [-0.3, -0.25) is 4.79 Å². The van der Waals surface area contributed by atoms with Crippen molar-refractivity contribution in [3.8, 4) is 5.75 Å². The largest absolute Gasteiger partial charge is 0.497 e. The summed E-state index contributed by atoms with van der Waals surface area (Å²) in [4.78, 5) is 13.1. The number of carbonyl (C=O) groups excluding carboxylic acids is 1. The Morgan fingerprint density at radius 3 is 2.19 bits per heavy atom. The molecule has 134 valence electrons. The van der Waals surface area contributed by atoms with E-state index in [1.165, 1.54) is 0 Å². The molecule has 0 bridgehead atoms. The van der Waals surface area contributed by atoms with Crippen LogP contribution in [0.3, 0.4) is 0 Å². The number of nitrogens with zero attached hydrogens (tertiary/aromatic N) is 2. The second kappa shape index (κ2) is 7.46. The Balaban J connectivity index is 1.70. The van der Waals surface area contributed by atoms with Crippen molar-refractivity contribution in [2.75, 3.05) is 7.11 Å². The molecule has 4 nitrogen and oxygen atoms in total. The van der Waals surface area contributed by atoms with E-state index in [0.717, 1.165) is 22.6 Å². The topological polar surface area (TPSA) is 41.9 Å². The van der Waals surface area contributed by atoms with Crippen LogP contribution in [0, 0.1) is 0 Å². The average molecular weight is 356 g/mol. The quantitative estimate of drug-likeness (QED) is 0.681. The van der Waals surface area contributed by atoms with Gasteiger partial charge in [-0.15, -0.1) is 0 Å². The highest BCUT2D eigenvalue weighted by atomic mass is 16.5. The molecule has 1 amide bonds. The summed E-state index contributed by atoms with van der Waals surface area (Å²) < 4.78 is 5.24. The molecule has 1 aliphatic rings. The van der Waals surface area contributed by atoms with Crippen molar-refractivity contribution in [3.05, 3.63) is 102 Å². The molecule has 0 unspecified atom stereocenters. The molecule has 27 heavy (non-hydrogen) atoms. The third-order valence-corrected chi connectivity index (χ3v) is 4.75. The fourth-order valence-corrected chi connectivity index (χ4v) is 3.30. The summed E-state index contributed by atoms with van der Waals surface area (Å²) in [5.74, 6) is 0.710. The number of hydrazone groups is 1. The molecule has 0 spiro atoms. The van der Waals surface area contributed by atoms with E-state index in [1.807, 2.05) is 84.9 Å². The van der Waals surface area contributed by atoms with E-state index in [2.05, 4.69) is 0 Å². The highest BCUT2D eigenvalue weighted by Gasteiger charge is 2.33. The molecule has 3 aromatic carbocycles. The van der Waals surface area contributed by atoms with Crippen molar-refractivity contribution in [2.24, 2.45) is 5.10 Å². The molecular weight excluding hydrogens is 336 g/mol. The van der Waals surface area contributed by atoms with Gasteiger partial charge in [0.25, 0.3) is 5.91 Å². The second-order valence-electron chi connectivity index (χ2n) is 6.42. The number of carbonyl (C=O) groups is 1. The third kappa shape index (κ3) is 3.47. The lowest BCUT2D eigenvalue weighted by Crippen LogP contribution is -2.27. The standard InChI is InChI=1S/C23H20N2O2/c1-27-20-14-12-17(13-15-20)21-16-22(18-8-4-2-5-9-18)25(24-21)23(26)19-10-6-3-7-11-19/h2-15,22H,16H2,1H3/t22-/m0/s1. The molecule has 0 aromatic heterocycles. The third-order valence-electron chi connectivity index (χ3n) is 4.75. The lowest BCUT2D eigenvalue weighted by Gasteiger charge is -2.22. The van der Waals surface area contributed by atoms with Gasteiger partial charge in [0.05, 0.1) is 18.9 Å². The molecule has 4 rings (SSSR count). The highest BCUT2D eigenvalue weighted by Crippen LogP contribution is 2.34. The van der Waals surface area contributed by atoms with Crippen LogP contribution in [0.15, 0.2) is 90.0 Å². The van der Waals surface area contributed by atoms with Gasteiger partial charge in [-0.25, -0.2) is 5.01 Å². The van der Waals surface area contributed by atoms with Crippen LogP contribution in [0.25, 0.3) is 0 Å². The molecule has 1 heterocycles. The maximum absolute atomic E-state index is 13.1. The Hall–Kier alpha value is -3.40. The van der Waals surface area contributed by atoms with Gasteiger partial charge in [0.1, 0.15) is 5.75 Å². The van der Waals surface area contributed by atoms with Crippen molar-refractivity contribution in [3.63, 3.8) is 0 Å². The lowest BCUT2D eigenvalue weighted by molar-refractivity contribution is 0.0711. The van der Waals surface area contributed by atoms with Crippen molar-refractivity contribution in [2.45, 2.75) is 12.5 Å². The minimum absolute atomic E-state index is 0.0898. The number of rotatable bonds is 4. The summed E-state index contributed by atoms with van der Waals surface area (Å²) in [6.07, 6.45) is 0.676. The molecule has 1 aliphatic heterocycles. The molecule has 1 atom stereocenters. The van der Waals surface area contributed by atoms with Gasteiger partial charge in [-0.05, 0) is 47.5 Å². The number of hydrogen-bond donors (Lipinski definition) is 0. The molecular formula is C23H20N2O2. The van der Waals surface area contributed by atoms with Crippen LogP contribution in [-0.4, -0.2) is 23.7 Å². The number of methoxy groups -OCH3 is 1. The molecule has 0 fully saturated rings. The SMILES string of the molecule is COc1ccc(C2=NN(C(=O)c3ccccc3)[C@H](c3ccccc3)C2)cc1. The Labute approximate surface area is 158 Å². The van der Waals surface area contributed by atoms with Gasteiger partial charge >= 0.3 is 0 Å². The van der Waals surface area contributed by atoms with Crippen LogP contribution < -0.4 is 4.74 Å². The van der Waals surface area contributed by atoms with Gasteiger partial charge in [0, 0.05) is 12.0 Å². The first-order chi connectivity index (χ1) is 13.3. The maximum atomic E-state index is 13.1. The zero-order chi connectivity index (χ0) is 18.6. The molecule has 0 aliphatic carbocycles. The Kier molecular flexibility index (Phi) is 4.71. The van der Waals surface area contributed by atoms with Crippen molar-refractivity contribution >= 4 is 11.6 Å². The van der Waals surface area contributed by atoms with E-state index in [0.29, 0.717) is 12.0 Å². The van der Waals surface area contributed by atoms with E-state index in [4.69, 9.17) is 9.84 Å². The van der Waals surface area contributed by atoms with Crippen LogP contribution in [0.1, 0.15) is 33.9 Å². The normalized spacial score (nSPS) is 16.1. The first kappa shape index (κ1) is 17.0. The minimum atomic E-state index is -0.115. The summed E-state index contributed by atoms with van der Waals surface area (Å²) in [7, 11) is 1.65. The van der Waals surface area contributed by atoms with Crippen molar-refractivity contribution in [1.29, 1.82) is 0 Å².